The Morgan fingerprint density at radius 1 is 1.24 bits per heavy atom. The van der Waals surface area contributed by atoms with Crippen molar-refractivity contribution in [2.24, 2.45) is 0 Å². The summed E-state index contributed by atoms with van der Waals surface area (Å²) in [4.78, 5) is 4.03. The Hall–Kier alpha value is -1.87. The molecule has 21 heavy (non-hydrogen) atoms. The molecule has 1 atom stereocenters. The fourth-order valence-electron chi connectivity index (χ4n) is 3.02. The molecule has 3 rings (SSSR count). The molecule has 1 aliphatic rings. The van der Waals surface area contributed by atoms with Crippen LogP contribution in [-0.2, 0) is 12.8 Å². The molecule has 1 heterocycles. The van der Waals surface area contributed by atoms with Gasteiger partial charge in [-0.1, -0.05) is 6.07 Å². The summed E-state index contributed by atoms with van der Waals surface area (Å²) in [5.41, 5.74) is 4.13. The van der Waals surface area contributed by atoms with Gasteiger partial charge in [0.15, 0.2) is 0 Å². The zero-order chi connectivity index (χ0) is 14.5. The van der Waals surface area contributed by atoms with Crippen molar-refractivity contribution < 1.29 is 4.74 Å². The van der Waals surface area contributed by atoms with Gasteiger partial charge < -0.3 is 10.1 Å². The Kier molecular flexibility index (Phi) is 4.51. The molecule has 0 saturated heterocycles. The summed E-state index contributed by atoms with van der Waals surface area (Å²) in [6.45, 7) is 0.707. The predicted molar refractivity (Wildman–Crippen MR) is 84.6 cm³/mol. The van der Waals surface area contributed by atoms with Crippen LogP contribution in [0.15, 0.2) is 42.7 Å². The van der Waals surface area contributed by atoms with Crippen molar-refractivity contribution >= 4 is 0 Å². The van der Waals surface area contributed by atoms with Crippen LogP contribution in [0.25, 0.3) is 0 Å². The summed E-state index contributed by atoms with van der Waals surface area (Å²) in [6.07, 6.45) is 8.21. The highest BCUT2D eigenvalue weighted by atomic mass is 16.5. The van der Waals surface area contributed by atoms with Gasteiger partial charge in [0.1, 0.15) is 5.75 Å². The lowest BCUT2D eigenvalue weighted by molar-refractivity contribution is 0.321. The van der Waals surface area contributed by atoms with Crippen LogP contribution in [0.1, 0.15) is 35.6 Å². The molecule has 0 amide bonds. The highest BCUT2D eigenvalue weighted by Crippen LogP contribution is 2.31. The molecule has 3 heteroatoms. The second-order valence-corrected chi connectivity index (χ2v) is 5.55. The minimum atomic E-state index is 0.500. The number of rotatable bonds is 5. The minimum Gasteiger partial charge on any atom is -0.493 e. The summed E-state index contributed by atoms with van der Waals surface area (Å²) in [5.74, 6) is 0.986. The number of fused-ring (bicyclic) bond motifs is 1. The smallest absolute Gasteiger partial charge is 0.119 e. The van der Waals surface area contributed by atoms with Crippen LogP contribution >= 0.6 is 0 Å². The molecule has 0 aliphatic heterocycles. The number of nitrogens with one attached hydrogen (secondary N) is 1. The third-order valence-corrected chi connectivity index (χ3v) is 4.19. The van der Waals surface area contributed by atoms with Crippen LogP contribution in [0, 0.1) is 0 Å². The number of benzene rings is 1. The fraction of sp³-hybridized carbons (Fsp3) is 0.389. The maximum atomic E-state index is 5.90. The van der Waals surface area contributed by atoms with Gasteiger partial charge >= 0.3 is 0 Å². The van der Waals surface area contributed by atoms with Gasteiger partial charge in [0.2, 0.25) is 0 Å². The summed E-state index contributed by atoms with van der Waals surface area (Å²) >= 11 is 0. The molecule has 0 spiro atoms. The quantitative estimate of drug-likeness (QED) is 0.913. The van der Waals surface area contributed by atoms with Crippen molar-refractivity contribution in [3.05, 3.63) is 59.4 Å². The second-order valence-electron chi connectivity index (χ2n) is 5.55. The van der Waals surface area contributed by atoms with Crippen molar-refractivity contribution in [2.45, 2.75) is 31.7 Å². The molecular formula is C18H22N2O. The number of aromatic nitrogens is 1. The zero-order valence-corrected chi connectivity index (χ0v) is 12.5. The molecule has 0 fully saturated rings. The van der Waals surface area contributed by atoms with Gasteiger partial charge in [-0.05, 0) is 67.3 Å². The lowest BCUT2D eigenvalue weighted by atomic mass is 9.87. The standard InChI is InChI=1S/C18H22N2O/c1-19-18-4-2-3-15-13-16(5-6-17(15)18)21-12-9-14-7-10-20-11-8-14/h5-8,10-11,13,18-19H,2-4,9,12H2,1H3. The number of hydrogen-bond acceptors (Lipinski definition) is 3. The summed E-state index contributed by atoms with van der Waals surface area (Å²) in [5, 5.41) is 3.40. The molecule has 0 radical (unpaired) electrons. The van der Waals surface area contributed by atoms with E-state index in [0.717, 1.165) is 18.6 Å². The third-order valence-electron chi connectivity index (χ3n) is 4.19. The van der Waals surface area contributed by atoms with Crippen molar-refractivity contribution in [1.82, 2.24) is 10.3 Å². The molecule has 3 nitrogen and oxygen atoms in total. The van der Waals surface area contributed by atoms with E-state index in [4.69, 9.17) is 4.74 Å². The number of nitrogens with zero attached hydrogens (tertiary/aromatic N) is 1. The second kappa shape index (κ2) is 6.72. The van der Waals surface area contributed by atoms with Gasteiger partial charge in [0, 0.05) is 24.9 Å². The maximum Gasteiger partial charge on any atom is 0.119 e. The van der Waals surface area contributed by atoms with Crippen LogP contribution in [-0.4, -0.2) is 18.6 Å². The minimum absolute atomic E-state index is 0.500. The highest BCUT2D eigenvalue weighted by Gasteiger charge is 2.18. The van der Waals surface area contributed by atoms with Crippen molar-refractivity contribution in [3.63, 3.8) is 0 Å². The summed E-state index contributed by atoms with van der Waals surface area (Å²) < 4.78 is 5.90. The van der Waals surface area contributed by atoms with Crippen molar-refractivity contribution in [3.8, 4) is 5.75 Å². The lowest BCUT2D eigenvalue weighted by Gasteiger charge is -2.25. The molecule has 1 aromatic heterocycles. The van der Waals surface area contributed by atoms with E-state index in [-0.39, 0.29) is 0 Å². The lowest BCUT2D eigenvalue weighted by Crippen LogP contribution is -2.21. The van der Waals surface area contributed by atoms with E-state index >= 15 is 0 Å². The third kappa shape index (κ3) is 3.42. The van der Waals surface area contributed by atoms with E-state index in [1.165, 1.54) is 29.5 Å². The SMILES string of the molecule is CNC1CCCc2cc(OCCc3ccncc3)ccc21. The predicted octanol–water partition coefficient (Wildman–Crippen LogP) is 3.30. The van der Waals surface area contributed by atoms with E-state index in [9.17, 15) is 0 Å². The normalized spacial score (nSPS) is 17.3. The highest BCUT2D eigenvalue weighted by molar-refractivity contribution is 5.39. The number of hydrogen-bond donors (Lipinski definition) is 1. The zero-order valence-electron chi connectivity index (χ0n) is 12.5. The largest absolute Gasteiger partial charge is 0.493 e. The van der Waals surface area contributed by atoms with E-state index in [1.54, 1.807) is 0 Å². The fourth-order valence-corrected chi connectivity index (χ4v) is 3.02. The first kappa shape index (κ1) is 14.1. The van der Waals surface area contributed by atoms with E-state index < -0.39 is 0 Å². The van der Waals surface area contributed by atoms with Crippen molar-refractivity contribution in [2.75, 3.05) is 13.7 Å². The average Bonchev–Trinajstić information content (AvgIpc) is 2.55. The van der Waals surface area contributed by atoms with Gasteiger partial charge in [0.25, 0.3) is 0 Å². The first-order chi connectivity index (χ1) is 10.4. The Morgan fingerprint density at radius 3 is 2.90 bits per heavy atom. The molecule has 1 aromatic carbocycles. The van der Waals surface area contributed by atoms with Gasteiger partial charge in [-0.25, -0.2) is 0 Å². The summed E-state index contributed by atoms with van der Waals surface area (Å²) in [6, 6.07) is 11.1. The van der Waals surface area contributed by atoms with Crippen LogP contribution < -0.4 is 10.1 Å². The molecule has 110 valence electrons. The maximum absolute atomic E-state index is 5.90. The first-order valence-electron chi connectivity index (χ1n) is 7.68. The average molecular weight is 282 g/mol. The molecule has 2 aromatic rings. The Bertz CT molecular complexity index is 583. The van der Waals surface area contributed by atoms with Gasteiger partial charge in [0.05, 0.1) is 6.61 Å². The number of pyridine rings is 1. The Morgan fingerprint density at radius 2 is 2.10 bits per heavy atom. The topological polar surface area (TPSA) is 34.1 Å². The number of ether oxygens (including phenoxy) is 1. The molecular weight excluding hydrogens is 260 g/mol. The van der Waals surface area contributed by atoms with E-state index in [0.29, 0.717) is 12.6 Å². The van der Waals surface area contributed by atoms with Gasteiger partial charge in [-0.3, -0.25) is 4.98 Å². The molecule has 1 aliphatic carbocycles. The van der Waals surface area contributed by atoms with E-state index in [1.807, 2.05) is 31.6 Å². The Balaban J connectivity index is 1.62. The van der Waals surface area contributed by atoms with Crippen LogP contribution in [0.3, 0.4) is 0 Å². The van der Waals surface area contributed by atoms with Crippen LogP contribution in [0.4, 0.5) is 0 Å². The summed E-state index contributed by atoms with van der Waals surface area (Å²) in [7, 11) is 2.04. The van der Waals surface area contributed by atoms with Crippen molar-refractivity contribution in [1.29, 1.82) is 0 Å². The van der Waals surface area contributed by atoms with E-state index in [2.05, 4.69) is 28.5 Å². The first-order valence-corrected chi connectivity index (χ1v) is 7.68. The molecule has 1 unspecified atom stereocenters. The molecule has 0 saturated carbocycles. The number of aryl methyl sites for hydroxylation is 1. The van der Waals surface area contributed by atoms with Gasteiger partial charge in [-0.15, -0.1) is 0 Å². The van der Waals surface area contributed by atoms with Crippen LogP contribution in [0.5, 0.6) is 5.75 Å². The monoisotopic (exact) mass is 282 g/mol. The Labute approximate surface area is 126 Å². The molecule has 0 bridgehead atoms. The van der Waals surface area contributed by atoms with Gasteiger partial charge in [-0.2, -0.15) is 0 Å². The van der Waals surface area contributed by atoms with Crippen LogP contribution in [0.2, 0.25) is 0 Å². The molecule has 1 N–H and O–H groups in total.